The van der Waals surface area contributed by atoms with E-state index in [9.17, 15) is 4.79 Å². The van der Waals surface area contributed by atoms with E-state index in [-0.39, 0.29) is 11.6 Å². The van der Waals surface area contributed by atoms with Gasteiger partial charge in [-0.1, -0.05) is 23.2 Å². The molecule has 34 heavy (non-hydrogen) atoms. The predicted octanol–water partition coefficient (Wildman–Crippen LogP) is 3.92. The highest BCUT2D eigenvalue weighted by molar-refractivity contribution is 6.31. The van der Waals surface area contributed by atoms with Crippen molar-refractivity contribution >= 4 is 23.2 Å². The fraction of sp³-hybridized carbons (Fsp3) is 0.130. The molecule has 1 radical (unpaired) electrons. The summed E-state index contributed by atoms with van der Waals surface area (Å²) in [5.41, 5.74) is 4.49. The van der Waals surface area contributed by atoms with Gasteiger partial charge < -0.3 is 9.55 Å². The van der Waals surface area contributed by atoms with Crippen LogP contribution >= 0.6 is 23.2 Å². The molecule has 1 aliphatic rings. The van der Waals surface area contributed by atoms with Gasteiger partial charge in [-0.15, -0.1) is 5.10 Å². The number of rotatable bonds is 4. The number of nitrogens with zero attached hydrogens (tertiary/aromatic N) is 7. The van der Waals surface area contributed by atoms with Crippen LogP contribution in [0.3, 0.4) is 0 Å². The maximum Gasteiger partial charge on any atom is 0.251 e. The van der Waals surface area contributed by atoms with Crippen molar-refractivity contribution in [3.05, 3.63) is 93.1 Å². The van der Waals surface area contributed by atoms with Crippen LogP contribution in [-0.4, -0.2) is 39.7 Å². The Morgan fingerprint density at radius 2 is 2.03 bits per heavy atom. The van der Waals surface area contributed by atoms with E-state index in [4.69, 9.17) is 23.2 Å². The van der Waals surface area contributed by atoms with Gasteiger partial charge in [-0.05, 0) is 65.2 Å². The van der Waals surface area contributed by atoms with E-state index >= 15 is 0 Å². The minimum atomic E-state index is -0.244. The number of imidazole rings is 1. The van der Waals surface area contributed by atoms with Gasteiger partial charge in [0.25, 0.3) is 5.56 Å². The summed E-state index contributed by atoms with van der Waals surface area (Å²) in [5.74, 6) is 0.602. The lowest BCUT2D eigenvalue weighted by molar-refractivity contribution is 0.588. The van der Waals surface area contributed by atoms with E-state index in [1.165, 1.54) is 6.33 Å². The molecular formula is C23H15Cl2N8O. The molecule has 167 valence electrons. The van der Waals surface area contributed by atoms with Crippen LogP contribution in [0.15, 0.2) is 59.8 Å². The molecule has 0 saturated heterocycles. The maximum atomic E-state index is 13.4. The number of aryl methyl sites for hydroxylation is 1. The summed E-state index contributed by atoms with van der Waals surface area (Å²) < 4.78 is 3.31. The Morgan fingerprint density at radius 1 is 1.12 bits per heavy atom. The third kappa shape index (κ3) is 3.49. The van der Waals surface area contributed by atoms with E-state index in [1.54, 1.807) is 39.7 Å². The third-order valence-electron chi connectivity index (χ3n) is 5.91. The number of pyridine rings is 2. The first kappa shape index (κ1) is 20.8. The number of hydrogen-bond acceptors (Lipinski definition) is 6. The largest absolute Gasteiger partial charge is 0.339 e. The van der Waals surface area contributed by atoms with E-state index in [0.29, 0.717) is 28.1 Å². The van der Waals surface area contributed by atoms with Crippen molar-refractivity contribution in [1.29, 1.82) is 0 Å². The molecule has 0 bridgehead atoms. The van der Waals surface area contributed by atoms with Crippen molar-refractivity contribution < 1.29 is 0 Å². The Kier molecular flexibility index (Phi) is 5.00. The number of aromatic amines is 1. The molecule has 0 unspecified atom stereocenters. The molecule has 11 heteroatoms. The summed E-state index contributed by atoms with van der Waals surface area (Å²) in [7, 11) is 0. The number of H-pyrrole nitrogens is 1. The van der Waals surface area contributed by atoms with Gasteiger partial charge in [0.1, 0.15) is 12.2 Å². The molecule has 5 heterocycles. The van der Waals surface area contributed by atoms with Gasteiger partial charge >= 0.3 is 0 Å². The van der Waals surface area contributed by atoms with Crippen molar-refractivity contribution in [3.63, 3.8) is 0 Å². The van der Waals surface area contributed by atoms with E-state index in [0.717, 1.165) is 34.5 Å². The summed E-state index contributed by atoms with van der Waals surface area (Å²) in [6.07, 6.45) is 7.33. The van der Waals surface area contributed by atoms with Crippen LogP contribution in [0, 0.1) is 6.20 Å². The first-order valence-corrected chi connectivity index (χ1v) is 11.2. The summed E-state index contributed by atoms with van der Waals surface area (Å²) >= 11 is 12.8. The lowest BCUT2D eigenvalue weighted by Crippen LogP contribution is -2.23. The number of fused-ring (bicyclic) bond motifs is 1. The first-order valence-electron chi connectivity index (χ1n) is 10.4. The normalized spacial score (nSPS) is 14.9. The van der Waals surface area contributed by atoms with Gasteiger partial charge in [0.05, 0.1) is 23.6 Å². The molecule has 1 N–H and O–H groups in total. The molecule has 0 spiro atoms. The molecule has 0 aliphatic carbocycles. The van der Waals surface area contributed by atoms with Crippen molar-refractivity contribution in [2.24, 2.45) is 0 Å². The smallest absolute Gasteiger partial charge is 0.251 e. The zero-order chi connectivity index (χ0) is 23.2. The monoisotopic (exact) mass is 489 g/mol. The van der Waals surface area contributed by atoms with Crippen LogP contribution in [-0.2, 0) is 6.42 Å². The molecular weight excluding hydrogens is 475 g/mol. The van der Waals surface area contributed by atoms with Crippen LogP contribution in [0.5, 0.6) is 0 Å². The van der Waals surface area contributed by atoms with Gasteiger partial charge in [0, 0.05) is 34.1 Å². The Morgan fingerprint density at radius 3 is 2.82 bits per heavy atom. The van der Waals surface area contributed by atoms with Gasteiger partial charge in [0.15, 0.2) is 5.15 Å². The highest BCUT2D eigenvalue weighted by atomic mass is 35.5. The average Bonchev–Trinajstić information content (AvgIpc) is 3.59. The van der Waals surface area contributed by atoms with Gasteiger partial charge in [0.2, 0.25) is 0 Å². The minimum absolute atomic E-state index is 0.138. The van der Waals surface area contributed by atoms with Crippen LogP contribution < -0.4 is 5.56 Å². The molecule has 4 aromatic heterocycles. The molecule has 0 saturated carbocycles. The van der Waals surface area contributed by atoms with Crippen molar-refractivity contribution in [2.75, 3.05) is 0 Å². The third-order valence-corrected chi connectivity index (χ3v) is 6.43. The van der Waals surface area contributed by atoms with Crippen molar-refractivity contribution in [3.8, 4) is 28.2 Å². The maximum absolute atomic E-state index is 13.4. The molecule has 6 rings (SSSR count). The van der Waals surface area contributed by atoms with Crippen molar-refractivity contribution in [1.82, 2.24) is 39.7 Å². The minimum Gasteiger partial charge on any atom is -0.339 e. The standard InChI is InChI=1S/C23H15Cl2N8O/c24-15-3-5-18(32-12-27-30-31-32)17(10-15)14-8-16-4-6-19(33(16)20(34)9-14)21-22(25)29-23(28-21)13-2-1-7-26-11-13/h1-3,5,8-12,19H,4,6H2,(H,28,29)/t19-/m0/s1. The summed E-state index contributed by atoms with van der Waals surface area (Å²) in [6.45, 7) is 0. The number of benzene rings is 1. The van der Waals surface area contributed by atoms with Crippen LogP contribution in [0.25, 0.3) is 28.2 Å². The molecule has 0 fully saturated rings. The molecule has 1 aromatic carbocycles. The Labute approximate surface area is 203 Å². The summed E-state index contributed by atoms with van der Waals surface area (Å²) in [5, 5.41) is 12.3. The topological polar surface area (TPSA) is 107 Å². The number of nitrogens with one attached hydrogen (secondary N) is 1. The van der Waals surface area contributed by atoms with Gasteiger partial charge in [-0.2, -0.15) is 4.68 Å². The summed E-state index contributed by atoms with van der Waals surface area (Å²) in [6, 6.07) is 12.3. The van der Waals surface area contributed by atoms with Crippen LogP contribution in [0.1, 0.15) is 23.9 Å². The zero-order valence-corrected chi connectivity index (χ0v) is 19.0. The van der Waals surface area contributed by atoms with E-state index in [1.807, 2.05) is 18.2 Å². The second-order valence-electron chi connectivity index (χ2n) is 7.88. The first-order chi connectivity index (χ1) is 16.6. The highest BCUT2D eigenvalue weighted by Crippen LogP contribution is 2.36. The zero-order valence-electron chi connectivity index (χ0n) is 17.5. The summed E-state index contributed by atoms with van der Waals surface area (Å²) in [4.78, 5) is 25.1. The van der Waals surface area contributed by atoms with Gasteiger partial charge in [-0.25, -0.2) is 4.98 Å². The number of hydrogen-bond donors (Lipinski definition) is 1. The van der Waals surface area contributed by atoms with E-state index < -0.39 is 0 Å². The number of aromatic nitrogens is 8. The molecule has 0 amide bonds. The number of tetrazole rings is 1. The lowest BCUT2D eigenvalue weighted by atomic mass is 10.0. The molecule has 5 aromatic rings. The predicted molar refractivity (Wildman–Crippen MR) is 126 cm³/mol. The lowest BCUT2D eigenvalue weighted by Gasteiger charge is -2.15. The number of halogens is 2. The Hall–Kier alpha value is -3.82. The average molecular weight is 490 g/mol. The fourth-order valence-electron chi connectivity index (χ4n) is 4.42. The molecule has 1 aliphatic heterocycles. The fourth-order valence-corrected chi connectivity index (χ4v) is 4.85. The Balaban J connectivity index is 1.43. The molecule has 1 atom stereocenters. The Bertz CT molecular complexity index is 1560. The second kappa shape index (κ2) is 8.19. The van der Waals surface area contributed by atoms with Crippen LogP contribution in [0.2, 0.25) is 10.2 Å². The molecule has 9 nitrogen and oxygen atoms in total. The SMILES string of the molecule is O=c1cc(-c2cc(Cl)ccc2-n2cnnn2)cc2n1[C@H](c1[nH]c(-c3cc[c]nc3)nc1Cl)CC2. The van der Waals surface area contributed by atoms with Gasteiger partial charge in [-0.3, -0.25) is 9.78 Å². The second-order valence-corrected chi connectivity index (χ2v) is 8.67. The van der Waals surface area contributed by atoms with Crippen LogP contribution in [0.4, 0.5) is 0 Å². The quantitative estimate of drug-likeness (QED) is 0.409. The highest BCUT2D eigenvalue weighted by Gasteiger charge is 2.29. The van der Waals surface area contributed by atoms with E-state index in [2.05, 4.69) is 36.7 Å². The van der Waals surface area contributed by atoms with Crippen molar-refractivity contribution in [2.45, 2.75) is 18.9 Å².